The first-order valence-corrected chi connectivity index (χ1v) is 7.74. The van der Waals surface area contributed by atoms with Gasteiger partial charge >= 0.3 is 0 Å². The molecule has 1 aliphatic carbocycles. The number of piperidine rings is 1. The quantitative estimate of drug-likeness (QED) is 0.842. The first-order valence-electron chi connectivity index (χ1n) is 7.74. The molecule has 3 heteroatoms. The number of hydrogen-bond acceptors (Lipinski definition) is 2. The summed E-state index contributed by atoms with van der Waals surface area (Å²) in [5, 5.41) is 0. The van der Waals surface area contributed by atoms with Crippen LogP contribution in [0.15, 0.2) is 42.7 Å². The summed E-state index contributed by atoms with van der Waals surface area (Å²) in [7, 11) is 2.07. The van der Waals surface area contributed by atoms with Crippen LogP contribution in [0, 0.1) is 0 Å². The lowest BCUT2D eigenvalue weighted by molar-refractivity contribution is 0.172. The highest BCUT2D eigenvalue weighted by atomic mass is 15.2. The van der Waals surface area contributed by atoms with Crippen molar-refractivity contribution >= 4 is 6.08 Å². The van der Waals surface area contributed by atoms with Crippen molar-refractivity contribution < 1.29 is 0 Å². The number of allylic oxidation sites excluding steroid dienone is 1. The molecule has 21 heavy (non-hydrogen) atoms. The second-order valence-corrected chi connectivity index (χ2v) is 6.31. The Morgan fingerprint density at radius 3 is 2.76 bits per heavy atom. The van der Waals surface area contributed by atoms with Gasteiger partial charge in [-0.3, -0.25) is 4.90 Å². The van der Waals surface area contributed by atoms with Gasteiger partial charge in [0, 0.05) is 24.9 Å². The Morgan fingerprint density at radius 2 is 2.00 bits per heavy atom. The molecule has 1 spiro atoms. The van der Waals surface area contributed by atoms with E-state index in [0.29, 0.717) is 0 Å². The van der Waals surface area contributed by atoms with Crippen molar-refractivity contribution in [2.45, 2.75) is 24.8 Å². The lowest BCUT2D eigenvalue weighted by Crippen LogP contribution is -2.40. The molecule has 1 fully saturated rings. The molecule has 0 atom stereocenters. The number of hydrogen-bond donors (Lipinski definition) is 0. The molecule has 1 saturated heterocycles. The van der Waals surface area contributed by atoms with E-state index in [4.69, 9.17) is 0 Å². The van der Waals surface area contributed by atoms with Crippen molar-refractivity contribution in [1.29, 1.82) is 0 Å². The Balaban J connectivity index is 1.48. The molecule has 3 nitrogen and oxygen atoms in total. The molecule has 0 unspecified atom stereocenters. The predicted octanol–water partition coefficient (Wildman–Crippen LogP) is 2.98. The van der Waals surface area contributed by atoms with Crippen molar-refractivity contribution in [3.05, 3.63) is 59.7 Å². The van der Waals surface area contributed by atoms with E-state index in [1.54, 1.807) is 0 Å². The maximum absolute atomic E-state index is 4.44. The van der Waals surface area contributed by atoms with E-state index in [0.717, 1.165) is 25.5 Å². The summed E-state index contributed by atoms with van der Waals surface area (Å²) in [5.41, 5.74) is 3.23. The van der Waals surface area contributed by atoms with Crippen LogP contribution >= 0.6 is 0 Å². The Kier molecular flexibility index (Phi) is 2.96. The lowest BCUT2D eigenvalue weighted by atomic mass is 9.74. The SMILES string of the molecule is Cn1ccnc1CN1CCC2(C=Cc3ccccc32)CC1. The molecule has 4 rings (SSSR count). The van der Waals surface area contributed by atoms with Crippen LogP contribution in [0.2, 0.25) is 0 Å². The van der Waals surface area contributed by atoms with E-state index >= 15 is 0 Å². The number of likely N-dealkylation sites (tertiary alicyclic amines) is 1. The van der Waals surface area contributed by atoms with Gasteiger partial charge in [0.05, 0.1) is 6.54 Å². The second kappa shape index (κ2) is 4.85. The zero-order valence-electron chi connectivity index (χ0n) is 12.5. The Labute approximate surface area is 125 Å². The minimum Gasteiger partial charge on any atom is -0.337 e. The highest BCUT2D eigenvalue weighted by molar-refractivity contribution is 5.65. The standard InChI is InChI=1S/C18H21N3/c1-20-13-10-19-17(20)14-21-11-8-18(9-12-21)7-6-15-4-2-3-5-16(15)18/h2-7,10,13H,8-9,11-12,14H2,1H3. The molecular formula is C18H21N3. The molecule has 1 aromatic carbocycles. The van der Waals surface area contributed by atoms with Gasteiger partial charge in [0.2, 0.25) is 0 Å². The third-order valence-electron chi connectivity index (χ3n) is 5.11. The van der Waals surface area contributed by atoms with Crippen LogP contribution in [0.1, 0.15) is 29.8 Å². The molecule has 0 bridgehead atoms. The molecule has 2 aliphatic rings. The lowest BCUT2D eigenvalue weighted by Gasteiger charge is -2.39. The number of fused-ring (bicyclic) bond motifs is 2. The monoisotopic (exact) mass is 279 g/mol. The average Bonchev–Trinajstić information content (AvgIpc) is 3.08. The van der Waals surface area contributed by atoms with Crippen LogP contribution in [-0.2, 0) is 19.0 Å². The van der Waals surface area contributed by atoms with Crippen LogP contribution in [0.3, 0.4) is 0 Å². The minimum atomic E-state index is 0.286. The zero-order valence-corrected chi connectivity index (χ0v) is 12.5. The van der Waals surface area contributed by atoms with E-state index < -0.39 is 0 Å². The van der Waals surface area contributed by atoms with Gasteiger partial charge in [-0.05, 0) is 37.1 Å². The fraction of sp³-hybridized carbons (Fsp3) is 0.389. The zero-order chi connectivity index (χ0) is 14.3. The second-order valence-electron chi connectivity index (χ2n) is 6.31. The highest BCUT2D eigenvalue weighted by Gasteiger charge is 2.37. The van der Waals surface area contributed by atoms with Crippen LogP contribution in [-0.4, -0.2) is 27.5 Å². The van der Waals surface area contributed by atoms with Gasteiger partial charge in [-0.25, -0.2) is 4.98 Å². The molecule has 0 amide bonds. The van der Waals surface area contributed by atoms with Gasteiger partial charge < -0.3 is 4.57 Å². The fourth-order valence-electron chi connectivity index (χ4n) is 3.73. The molecular weight excluding hydrogens is 258 g/mol. The molecule has 1 aromatic heterocycles. The van der Waals surface area contributed by atoms with Crippen LogP contribution in [0.4, 0.5) is 0 Å². The maximum atomic E-state index is 4.44. The normalized spacial score (nSPS) is 20.0. The van der Waals surface area contributed by atoms with Gasteiger partial charge in [0.25, 0.3) is 0 Å². The molecule has 108 valence electrons. The number of imidazole rings is 1. The summed E-state index contributed by atoms with van der Waals surface area (Å²) in [4.78, 5) is 6.97. The number of nitrogens with zero attached hydrogens (tertiary/aromatic N) is 3. The highest BCUT2D eigenvalue weighted by Crippen LogP contribution is 2.43. The molecule has 1 aliphatic heterocycles. The molecule has 0 N–H and O–H groups in total. The topological polar surface area (TPSA) is 21.1 Å². The van der Waals surface area contributed by atoms with Crippen molar-refractivity contribution in [1.82, 2.24) is 14.5 Å². The first kappa shape index (κ1) is 12.8. The Hall–Kier alpha value is -1.87. The molecule has 2 aromatic rings. The molecule has 2 heterocycles. The van der Waals surface area contributed by atoms with E-state index in [9.17, 15) is 0 Å². The van der Waals surface area contributed by atoms with Crippen molar-refractivity contribution in [2.24, 2.45) is 7.05 Å². The summed E-state index contributed by atoms with van der Waals surface area (Å²) in [6.07, 6.45) is 11.1. The van der Waals surface area contributed by atoms with Crippen molar-refractivity contribution in [3.63, 3.8) is 0 Å². The van der Waals surface area contributed by atoms with Gasteiger partial charge in [-0.15, -0.1) is 0 Å². The first-order chi connectivity index (χ1) is 10.3. The summed E-state index contributed by atoms with van der Waals surface area (Å²) in [6.45, 7) is 3.25. The maximum Gasteiger partial charge on any atom is 0.122 e. The van der Waals surface area contributed by atoms with Gasteiger partial charge in [0.1, 0.15) is 5.82 Å². The average molecular weight is 279 g/mol. The largest absolute Gasteiger partial charge is 0.337 e. The van der Waals surface area contributed by atoms with Crippen molar-refractivity contribution in [3.8, 4) is 0 Å². The summed E-state index contributed by atoms with van der Waals surface area (Å²) in [5.74, 6) is 1.16. The van der Waals surface area contributed by atoms with E-state index in [2.05, 4.69) is 57.9 Å². The summed E-state index contributed by atoms with van der Waals surface area (Å²) < 4.78 is 2.12. The van der Waals surface area contributed by atoms with Gasteiger partial charge in [0.15, 0.2) is 0 Å². The summed E-state index contributed by atoms with van der Waals surface area (Å²) in [6, 6.07) is 8.86. The van der Waals surface area contributed by atoms with E-state index in [1.807, 2.05) is 12.4 Å². The molecule has 0 radical (unpaired) electrons. The fourth-order valence-corrected chi connectivity index (χ4v) is 3.73. The van der Waals surface area contributed by atoms with Crippen LogP contribution in [0.5, 0.6) is 0 Å². The molecule has 0 saturated carbocycles. The Bertz CT molecular complexity index is 675. The number of aryl methyl sites for hydroxylation is 1. The smallest absolute Gasteiger partial charge is 0.122 e. The minimum absolute atomic E-state index is 0.286. The summed E-state index contributed by atoms with van der Waals surface area (Å²) >= 11 is 0. The van der Waals surface area contributed by atoms with Crippen molar-refractivity contribution in [2.75, 3.05) is 13.1 Å². The van der Waals surface area contributed by atoms with Crippen LogP contribution < -0.4 is 0 Å². The number of aromatic nitrogens is 2. The third kappa shape index (κ3) is 2.12. The Morgan fingerprint density at radius 1 is 1.19 bits per heavy atom. The third-order valence-corrected chi connectivity index (χ3v) is 5.11. The number of rotatable bonds is 2. The van der Waals surface area contributed by atoms with Crippen LogP contribution in [0.25, 0.3) is 6.08 Å². The van der Waals surface area contributed by atoms with E-state index in [-0.39, 0.29) is 5.41 Å². The number of benzene rings is 1. The van der Waals surface area contributed by atoms with E-state index in [1.165, 1.54) is 24.0 Å². The van der Waals surface area contributed by atoms with Gasteiger partial charge in [-0.1, -0.05) is 36.4 Å². The van der Waals surface area contributed by atoms with Gasteiger partial charge in [-0.2, -0.15) is 0 Å². The predicted molar refractivity (Wildman–Crippen MR) is 84.9 cm³/mol.